The Morgan fingerprint density at radius 1 is 0.684 bits per heavy atom. The lowest BCUT2D eigenvalue weighted by atomic mass is 9.95. The van der Waals surface area contributed by atoms with Gasteiger partial charge in [-0.3, -0.25) is 0 Å². The van der Waals surface area contributed by atoms with Crippen LogP contribution in [-0.2, 0) is 6.42 Å². The number of anilines is 2. The Morgan fingerprint density at radius 2 is 1.05 bits per heavy atom. The van der Waals surface area contributed by atoms with E-state index in [1.54, 1.807) is 0 Å². The zero-order valence-electron chi connectivity index (χ0n) is 12.2. The van der Waals surface area contributed by atoms with Gasteiger partial charge < -0.3 is 11.5 Å². The molecule has 0 heterocycles. The molecule has 0 fully saturated rings. The molecule has 0 aromatic heterocycles. The molecule has 0 saturated carbocycles. The Kier molecular flexibility index (Phi) is 3.52. The zero-order valence-corrected chi connectivity index (χ0v) is 12.2. The Labute approximate surface area is 115 Å². The van der Waals surface area contributed by atoms with Crippen molar-refractivity contribution in [2.45, 2.75) is 34.1 Å². The molecule has 2 aromatic carbocycles. The normalized spacial score (nSPS) is 10.7. The van der Waals surface area contributed by atoms with E-state index in [2.05, 4.69) is 52.0 Å². The van der Waals surface area contributed by atoms with Crippen LogP contribution in [0.3, 0.4) is 0 Å². The molecule has 0 unspecified atom stereocenters. The van der Waals surface area contributed by atoms with Gasteiger partial charge in [-0.15, -0.1) is 0 Å². The number of benzene rings is 2. The van der Waals surface area contributed by atoms with Gasteiger partial charge in [0.2, 0.25) is 0 Å². The van der Waals surface area contributed by atoms with E-state index in [4.69, 9.17) is 11.5 Å². The standard InChI is InChI=1S/C17H22N2/c1-10-5-12(3)16(18)14(7-10)9-15-8-11(2)6-13(4)17(15)19/h5-8H,9,18-19H2,1-4H3. The monoisotopic (exact) mass is 254 g/mol. The van der Waals surface area contributed by atoms with Gasteiger partial charge in [0, 0.05) is 17.8 Å². The van der Waals surface area contributed by atoms with E-state index in [1.807, 2.05) is 0 Å². The lowest BCUT2D eigenvalue weighted by Crippen LogP contribution is -2.03. The maximum absolute atomic E-state index is 6.18. The fraction of sp³-hybridized carbons (Fsp3) is 0.294. The van der Waals surface area contributed by atoms with E-state index in [1.165, 1.54) is 11.1 Å². The van der Waals surface area contributed by atoms with Crippen molar-refractivity contribution in [3.8, 4) is 0 Å². The molecule has 0 radical (unpaired) electrons. The summed E-state index contributed by atoms with van der Waals surface area (Å²) in [7, 11) is 0. The average Bonchev–Trinajstić information content (AvgIpc) is 2.31. The summed E-state index contributed by atoms with van der Waals surface area (Å²) in [5.41, 5.74) is 21.2. The van der Waals surface area contributed by atoms with Crippen LogP contribution in [0, 0.1) is 27.7 Å². The zero-order chi connectivity index (χ0) is 14.2. The molecular weight excluding hydrogens is 232 g/mol. The summed E-state index contributed by atoms with van der Waals surface area (Å²) < 4.78 is 0. The fourth-order valence-corrected chi connectivity index (χ4v) is 2.63. The van der Waals surface area contributed by atoms with Gasteiger partial charge in [0.15, 0.2) is 0 Å². The van der Waals surface area contributed by atoms with Gasteiger partial charge in [-0.2, -0.15) is 0 Å². The van der Waals surface area contributed by atoms with Crippen molar-refractivity contribution in [1.29, 1.82) is 0 Å². The van der Waals surface area contributed by atoms with Gasteiger partial charge in [-0.25, -0.2) is 0 Å². The summed E-state index contributed by atoms with van der Waals surface area (Å²) >= 11 is 0. The first-order valence-electron chi connectivity index (χ1n) is 6.59. The second kappa shape index (κ2) is 4.96. The van der Waals surface area contributed by atoms with Gasteiger partial charge in [-0.05, 0) is 49.9 Å². The smallest absolute Gasteiger partial charge is 0.0379 e. The summed E-state index contributed by atoms with van der Waals surface area (Å²) in [4.78, 5) is 0. The number of hydrogen-bond acceptors (Lipinski definition) is 2. The summed E-state index contributed by atoms with van der Waals surface area (Å²) in [6, 6.07) is 8.53. The average molecular weight is 254 g/mol. The minimum absolute atomic E-state index is 0.794. The Hall–Kier alpha value is -1.96. The molecule has 0 bridgehead atoms. The molecule has 0 aliphatic heterocycles. The van der Waals surface area contributed by atoms with Gasteiger partial charge >= 0.3 is 0 Å². The maximum atomic E-state index is 6.18. The molecule has 2 nitrogen and oxygen atoms in total. The lowest BCUT2D eigenvalue weighted by molar-refractivity contribution is 1.16. The topological polar surface area (TPSA) is 52.0 Å². The van der Waals surface area contributed by atoms with Crippen molar-refractivity contribution in [2.75, 3.05) is 11.5 Å². The molecule has 19 heavy (non-hydrogen) atoms. The second-order valence-corrected chi connectivity index (χ2v) is 5.49. The third-order valence-corrected chi connectivity index (χ3v) is 3.61. The van der Waals surface area contributed by atoms with Gasteiger partial charge in [0.25, 0.3) is 0 Å². The van der Waals surface area contributed by atoms with Gasteiger partial charge in [0.05, 0.1) is 0 Å². The highest BCUT2D eigenvalue weighted by Crippen LogP contribution is 2.26. The van der Waals surface area contributed by atoms with Crippen molar-refractivity contribution in [3.05, 3.63) is 57.6 Å². The van der Waals surface area contributed by atoms with Crippen molar-refractivity contribution in [2.24, 2.45) is 0 Å². The highest BCUT2D eigenvalue weighted by molar-refractivity contribution is 5.61. The minimum Gasteiger partial charge on any atom is -0.398 e. The summed E-state index contributed by atoms with van der Waals surface area (Å²) in [5.74, 6) is 0. The molecule has 0 spiro atoms. The summed E-state index contributed by atoms with van der Waals surface area (Å²) in [5, 5.41) is 0. The van der Waals surface area contributed by atoms with Gasteiger partial charge in [0.1, 0.15) is 0 Å². The van der Waals surface area contributed by atoms with Crippen LogP contribution >= 0.6 is 0 Å². The highest BCUT2D eigenvalue weighted by atomic mass is 14.6. The number of hydrogen-bond donors (Lipinski definition) is 2. The van der Waals surface area contributed by atoms with Crippen LogP contribution in [0.2, 0.25) is 0 Å². The molecule has 0 atom stereocenters. The predicted molar refractivity (Wildman–Crippen MR) is 83.5 cm³/mol. The molecule has 0 aliphatic carbocycles. The number of aryl methyl sites for hydroxylation is 4. The quantitative estimate of drug-likeness (QED) is 0.803. The molecule has 2 aromatic rings. The van der Waals surface area contributed by atoms with Crippen LogP contribution in [0.4, 0.5) is 11.4 Å². The first kappa shape index (κ1) is 13.5. The van der Waals surface area contributed by atoms with Crippen LogP contribution in [-0.4, -0.2) is 0 Å². The van der Waals surface area contributed by atoms with Crippen LogP contribution in [0.5, 0.6) is 0 Å². The van der Waals surface area contributed by atoms with E-state index < -0.39 is 0 Å². The Bertz CT molecular complexity index is 572. The van der Waals surface area contributed by atoms with E-state index >= 15 is 0 Å². The molecule has 0 amide bonds. The predicted octanol–water partition coefficient (Wildman–Crippen LogP) is 3.68. The third kappa shape index (κ3) is 2.73. The van der Waals surface area contributed by atoms with Crippen molar-refractivity contribution >= 4 is 11.4 Å². The first-order valence-corrected chi connectivity index (χ1v) is 6.59. The van der Waals surface area contributed by atoms with Crippen molar-refractivity contribution in [3.63, 3.8) is 0 Å². The van der Waals surface area contributed by atoms with Gasteiger partial charge in [-0.1, -0.05) is 35.4 Å². The SMILES string of the molecule is Cc1cc(C)c(N)c(Cc2cc(C)cc(C)c2N)c1. The van der Waals surface area contributed by atoms with E-state index in [9.17, 15) is 0 Å². The van der Waals surface area contributed by atoms with Crippen LogP contribution < -0.4 is 11.5 Å². The van der Waals surface area contributed by atoms with Crippen LogP contribution in [0.15, 0.2) is 24.3 Å². The molecule has 0 saturated heterocycles. The summed E-state index contributed by atoms with van der Waals surface area (Å²) in [6.07, 6.45) is 0.794. The van der Waals surface area contributed by atoms with Crippen LogP contribution in [0.1, 0.15) is 33.4 Å². The Balaban J connectivity index is 2.47. The molecule has 0 aliphatic rings. The number of nitrogen functional groups attached to an aromatic ring is 2. The van der Waals surface area contributed by atoms with Crippen molar-refractivity contribution < 1.29 is 0 Å². The summed E-state index contributed by atoms with van der Waals surface area (Å²) in [6.45, 7) is 8.30. The largest absolute Gasteiger partial charge is 0.398 e. The van der Waals surface area contributed by atoms with Crippen molar-refractivity contribution in [1.82, 2.24) is 0 Å². The number of rotatable bonds is 2. The number of nitrogens with two attached hydrogens (primary N) is 2. The third-order valence-electron chi connectivity index (χ3n) is 3.61. The Morgan fingerprint density at radius 3 is 1.42 bits per heavy atom. The molecule has 100 valence electrons. The fourth-order valence-electron chi connectivity index (χ4n) is 2.63. The second-order valence-electron chi connectivity index (χ2n) is 5.49. The molecule has 2 rings (SSSR count). The minimum atomic E-state index is 0.794. The molecule has 4 N–H and O–H groups in total. The first-order chi connectivity index (χ1) is 8.88. The van der Waals surface area contributed by atoms with E-state index in [0.717, 1.165) is 40.0 Å². The van der Waals surface area contributed by atoms with E-state index in [-0.39, 0.29) is 0 Å². The molecule has 2 heteroatoms. The highest BCUT2D eigenvalue weighted by Gasteiger charge is 2.09. The van der Waals surface area contributed by atoms with Crippen LogP contribution in [0.25, 0.3) is 0 Å². The molecular formula is C17H22N2. The maximum Gasteiger partial charge on any atom is 0.0379 e. The lowest BCUT2D eigenvalue weighted by Gasteiger charge is -2.14. The van der Waals surface area contributed by atoms with E-state index in [0.29, 0.717) is 0 Å².